The van der Waals surface area contributed by atoms with Crippen LogP contribution in [0.4, 0.5) is 4.39 Å². The molecule has 0 aliphatic carbocycles. The maximum absolute atomic E-state index is 13.3. The summed E-state index contributed by atoms with van der Waals surface area (Å²) in [6.45, 7) is 3.13. The molecule has 1 aliphatic rings. The molecule has 74 valence electrons. The van der Waals surface area contributed by atoms with Crippen molar-refractivity contribution in [2.75, 3.05) is 6.54 Å². The standard InChI is InChI=1S/C11H12FNO/c1-2-6-13-7-9-8(11(13)14)4-3-5-10(9)12/h3-5H,2,6-7H2,1H3. The van der Waals surface area contributed by atoms with Gasteiger partial charge in [-0.25, -0.2) is 4.39 Å². The Kier molecular flexibility index (Phi) is 2.23. The van der Waals surface area contributed by atoms with Crippen molar-refractivity contribution in [1.29, 1.82) is 0 Å². The molecule has 0 atom stereocenters. The van der Waals surface area contributed by atoms with Crippen molar-refractivity contribution in [3.8, 4) is 0 Å². The third kappa shape index (κ3) is 1.29. The molecule has 1 aliphatic heterocycles. The van der Waals surface area contributed by atoms with E-state index in [9.17, 15) is 9.18 Å². The number of hydrogen-bond donors (Lipinski definition) is 0. The number of nitrogens with zero attached hydrogens (tertiary/aromatic N) is 1. The predicted molar refractivity (Wildman–Crippen MR) is 51.4 cm³/mol. The Labute approximate surface area is 82.3 Å². The summed E-state index contributed by atoms with van der Waals surface area (Å²) in [4.78, 5) is 13.4. The minimum Gasteiger partial charge on any atom is -0.334 e. The van der Waals surface area contributed by atoms with E-state index in [4.69, 9.17) is 0 Å². The Bertz CT molecular complexity index is 376. The summed E-state index contributed by atoms with van der Waals surface area (Å²) >= 11 is 0. The molecule has 14 heavy (non-hydrogen) atoms. The first-order valence-corrected chi connectivity index (χ1v) is 4.80. The highest BCUT2D eigenvalue weighted by Gasteiger charge is 2.28. The first-order valence-electron chi connectivity index (χ1n) is 4.80. The second-order valence-corrected chi connectivity index (χ2v) is 3.49. The number of amides is 1. The molecular formula is C11H12FNO. The largest absolute Gasteiger partial charge is 0.334 e. The van der Waals surface area contributed by atoms with Crippen molar-refractivity contribution in [2.45, 2.75) is 19.9 Å². The highest BCUT2D eigenvalue weighted by molar-refractivity contribution is 5.98. The quantitative estimate of drug-likeness (QED) is 0.705. The van der Waals surface area contributed by atoms with Gasteiger partial charge in [0, 0.05) is 24.2 Å². The monoisotopic (exact) mass is 193 g/mol. The van der Waals surface area contributed by atoms with Gasteiger partial charge < -0.3 is 4.90 Å². The minimum atomic E-state index is -0.269. The van der Waals surface area contributed by atoms with Gasteiger partial charge >= 0.3 is 0 Å². The summed E-state index contributed by atoms with van der Waals surface area (Å²) in [7, 11) is 0. The highest BCUT2D eigenvalue weighted by Crippen LogP contribution is 2.24. The molecule has 1 heterocycles. The Balaban J connectivity index is 2.35. The average Bonchev–Trinajstić information content (AvgIpc) is 2.48. The number of carbonyl (C=O) groups excluding carboxylic acids is 1. The molecular weight excluding hydrogens is 181 g/mol. The van der Waals surface area contributed by atoms with Crippen LogP contribution < -0.4 is 0 Å². The summed E-state index contributed by atoms with van der Waals surface area (Å²) in [6.07, 6.45) is 0.904. The van der Waals surface area contributed by atoms with Gasteiger partial charge in [0.05, 0.1) is 0 Å². The predicted octanol–water partition coefficient (Wildman–Crippen LogP) is 2.19. The molecule has 0 spiro atoms. The number of carbonyl (C=O) groups is 1. The maximum atomic E-state index is 13.3. The van der Waals surface area contributed by atoms with E-state index >= 15 is 0 Å². The van der Waals surface area contributed by atoms with Crippen LogP contribution in [0.1, 0.15) is 29.3 Å². The lowest BCUT2D eigenvalue weighted by Crippen LogP contribution is -2.24. The number of benzene rings is 1. The molecule has 0 aromatic heterocycles. The van der Waals surface area contributed by atoms with Crippen LogP contribution in [0, 0.1) is 5.82 Å². The molecule has 1 aromatic rings. The van der Waals surface area contributed by atoms with Crippen LogP contribution in [-0.2, 0) is 6.54 Å². The van der Waals surface area contributed by atoms with Crippen LogP contribution in [-0.4, -0.2) is 17.4 Å². The van der Waals surface area contributed by atoms with E-state index in [2.05, 4.69) is 0 Å². The molecule has 1 amide bonds. The minimum absolute atomic E-state index is 0.0404. The Morgan fingerprint density at radius 3 is 2.93 bits per heavy atom. The fourth-order valence-corrected chi connectivity index (χ4v) is 1.80. The van der Waals surface area contributed by atoms with Gasteiger partial charge in [0.1, 0.15) is 5.82 Å². The van der Waals surface area contributed by atoms with Crippen LogP contribution >= 0.6 is 0 Å². The zero-order chi connectivity index (χ0) is 10.1. The first-order chi connectivity index (χ1) is 6.74. The molecule has 0 fully saturated rings. The van der Waals surface area contributed by atoms with Crippen molar-refractivity contribution in [3.05, 3.63) is 35.1 Å². The maximum Gasteiger partial charge on any atom is 0.254 e. The second-order valence-electron chi connectivity index (χ2n) is 3.49. The zero-order valence-electron chi connectivity index (χ0n) is 8.09. The van der Waals surface area contributed by atoms with E-state index in [1.807, 2.05) is 6.92 Å². The SMILES string of the molecule is CCCN1Cc2c(F)cccc2C1=O. The Morgan fingerprint density at radius 2 is 2.29 bits per heavy atom. The van der Waals surface area contributed by atoms with Gasteiger partial charge in [-0.1, -0.05) is 13.0 Å². The molecule has 1 aromatic carbocycles. The second kappa shape index (κ2) is 3.40. The van der Waals surface area contributed by atoms with Crippen LogP contribution in [0.3, 0.4) is 0 Å². The third-order valence-corrected chi connectivity index (χ3v) is 2.48. The topological polar surface area (TPSA) is 20.3 Å². The Hall–Kier alpha value is -1.38. The lowest BCUT2D eigenvalue weighted by Gasteiger charge is -2.13. The molecule has 0 unspecified atom stereocenters. The Morgan fingerprint density at radius 1 is 1.50 bits per heavy atom. The summed E-state index contributed by atoms with van der Waals surface area (Å²) in [5.41, 5.74) is 1.07. The van der Waals surface area contributed by atoms with Crippen molar-refractivity contribution >= 4 is 5.91 Å². The van der Waals surface area contributed by atoms with Crippen LogP contribution in [0.2, 0.25) is 0 Å². The molecule has 0 bridgehead atoms. The van der Waals surface area contributed by atoms with Gasteiger partial charge in [-0.05, 0) is 18.6 Å². The number of rotatable bonds is 2. The molecule has 3 heteroatoms. The molecule has 0 saturated carbocycles. The van der Waals surface area contributed by atoms with Crippen LogP contribution in [0.15, 0.2) is 18.2 Å². The van der Waals surface area contributed by atoms with Gasteiger partial charge in [-0.2, -0.15) is 0 Å². The van der Waals surface area contributed by atoms with E-state index in [1.54, 1.807) is 17.0 Å². The summed E-state index contributed by atoms with van der Waals surface area (Å²) in [5.74, 6) is -0.309. The van der Waals surface area contributed by atoms with Gasteiger partial charge in [0.2, 0.25) is 0 Å². The summed E-state index contributed by atoms with van der Waals surface area (Å²) < 4.78 is 13.3. The molecule has 2 rings (SSSR count). The number of fused-ring (bicyclic) bond motifs is 1. The van der Waals surface area contributed by atoms with Gasteiger partial charge in [-0.15, -0.1) is 0 Å². The van der Waals surface area contributed by atoms with E-state index in [0.717, 1.165) is 6.42 Å². The van der Waals surface area contributed by atoms with Crippen molar-refractivity contribution < 1.29 is 9.18 Å². The lowest BCUT2D eigenvalue weighted by molar-refractivity contribution is 0.0778. The smallest absolute Gasteiger partial charge is 0.254 e. The van der Waals surface area contributed by atoms with Gasteiger partial charge in [-0.3, -0.25) is 4.79 Å². The fourth-order valence-electron chi connectivity index (χ4n) is 1.80. The number of halogens is 1. The van der Waals surface area contributed by atoms with Crippen LogP contribution in [0.25, 0.3) is 0 Å². The molecule has 0 saturated heterocycles. The summed E-state index contributed by atoms with van der Waals surface area (Å²) in [6, 6.07) is 4.68. The van der Waals surface area contributed by atoms with Gasteiger partial charge in [0.15, 0.2) is 0 Å². The third-order valence-electron chi connectivity index (χ3n) is 2.48. The van der Waals surface area contributed by atoms with E-state index in [0.29, 0.717) is 24.2 Å². The lowest BCUT2D eigenvalue weighted by atomic mass is 10.1. The zero-order valence-corrected chi connectivity index (χ0v) is 8.09. The summed E-state index contributed by atoms with van der Waals surface area (Å²) in [5, 5.41) is 0. The average molecular weight is 193 g/mol. The molecule has 0 radical (unpaired) electrons. The molecule has 0 N–H and O–H groups in total. The van der Waals surface area contributed by atoms with Crippen LogP contribution in [0.5, 0.6) is 0 Å². The first kappa shape index (κ1) is 9.19. The van der Waals surface area contributed by atoms with Gasteiger partial charge in [0.25, 0.3) is 5.91 Å². The van der Waals surface area contributed by atoms with E-state index < -0.39 is 0 Å². The fraction of sp³-hybridized carbons (Fsp3) is 0.364. The van der Waals surface area contributed by atoms with E-state index in [-0.39, 0.29) is 11.7 Å². The normalized spacial score (nSPS) is 14.7. The number of hydrogen-bond acceptors (Lipinski definition) is 1. The van der Waals surface area contributed by atoms with Crippen molar-refractivity contribution in [2.24, 2.45) is 0 Å². The van der Waals surface area contributed by atoms with Crippen molar-refractivity contribution in [3.63, 3.8) is 0 Å². The van der Waals surface area contributed by atoms with Crippen molar-refractivity contribution in [1.82, 2.24) is 4.90 Å². The highest BCUT2D eigenvalue weighted by atomic mass is 19.1. The molecule has 2 nitrogen and oxygen atoms in total. The van der Waals surface area contributed by atoms with E-state index in [1.165, 1.54) is 6.07 Å².